The predicted molar refractivity (Wildman–Crippen MR) is 139 cm³/mol. The third-order valence-electron chi connectivity index (χ3n) is 6.02. The van der Waals surface area contributed by atoms with E-state index in [1.807, 2.05) is 54.6 Å². The molecule has 0 unspecified atom stereocenters. The lowest BCUT2D eigenvalue weighted by Crippen LogP contribution is -2.34. The maximum absolute atomic E-state index is 13.1. The van der Waals surface area contributed by atoms with Gasteiger partial charge in [-0.25, -0.2) is 0 Å². The van der Waals surface area contributed by atoms with E-state index >= 15 is 0 Å². The zero-order chi connectivity index (χ0) is 27.0. The Balaban J connectivity index is 1.23. The van der Waals surface area contributed by atoms with Crippen LogP contribution in [0.15, 0.2) is 83.4 Å². The van der Waals surface area contributed by atoms with Crippen molar-refractivity contribution in [3.8, 4) is 23.0 Å². The molecular weight excluding hydrogens is 502 g/mol. The summed E-state index contributed by atoms with van der Waals surface area (Å²) in [4.78, 5) is 27.4. The first-order valence-corrected chi connectivity index (χ1v) is 12.3. The van der Waals surface area contributed by atoms with Crippen LogP contribution in [-0.2, 0) is 24.4 Å². The highest BCUT2D eigenvalue weighted by atomic mass is 16.7. The molecule has 0 aliphatic carbocycles. The first-order valence-electron chi connectivity index (χ1n) is 12.3. The summed E-state index contributed by atoms with van der Waals surface area (Å²) in [6.45, 7) is 0.704. The van der Waals surface area contributed by atoms with Crippen LogP contribution in [0, 0.1) is 0 Å². The van der Waals surface area contributed by atoms with Gasteiger partial charge in [0.1, 0.15) is 11.5 Å². The summed E-state index contributed by atoms with van der Waals surface area (Å²) < 4.78 is 27.0. The van der Waals surface area contributed by atoms with E-state index in [0.717, 1.165) is 16.9 Å². The van der Waals surface area contributed by atoms with E-state index in [2.05, 4.69) is 10.5 Å². The molecule has 0 saturated heterocycles. The largest absolute Gasteiger partial charge is 0.497 e. The molecule has 1 aliphatic rings. The molecule has 0 fully saturated rings. The molecule has 2 amide bonds. The standard InChI is InChI=1S/C29H27N3O7/c1-35-22-10-7-20(8-11-22)16-32(28(33)18-36-23-5-3-2-4-6-23)17-24-14-25(31-39-24)29(34)30-15-21-9-12-26-27(13-21)38-19-37-26/h2-14H,15-19H2,1H3,(H,30,34). The Labute approximate surface area is 225 Å². The van der Waals surface area contributed by atoms with E-state index < -0.39 is 5.91 Å². The van der Waals surface area contributed by atoms with E-state index in [9.17, 15) is 9.59 Å². The summed E-state index contributed by atoms with van der Waals surface area (Å²) in [6.07, 6.45) is 0. The third-order valence-corrected chi connectivity index (χ3v) is 6.02. The SMILES string of the molecule is COc1ccc(CN(Cc2cc(C(=O)NCc3ccc4c(c3)OCO4)no2)C(=O)COc2ccccc2)cc1. The summed E-state index contributed by atoms with van der Waals surface area (Å²) in [7, 11) is 1.60. The molecule has 2 heterocycles. The zero-order valence-corrected chi connectivity index (χ0v) is 21.3. The lowest BCUT2D eigenvalue weighted by atomic mass is 10.2. The number of carbonyl (C=O) groups is 2. The third kappa shape index (κ3) is 6.67. The number of methoxy groups -OCH3 is 1. The number of carbonyl (C=O) groups excluding carboxylic acids is 2. The minimum absolute atomic E-state index is 0.103. The number of hydrogen-bond acceptors (Lipinski definition) is 8. The van der Waals surface area contributed by atoms with Crippen molar-refractivity contribution < 1.29 is 33.1 Å². The van der Waals surface area contributed by atoms with Crippen LogP contribution in [0.1, 0.15) is 27.4 Å². The Hall–Kier alpha value is -4.99. The highest BCUT2D eigenvalue weighted by Crippen LogP contribution is 2.32. The highest BCUT2D eigenvalue weighted by molar-refractivity contribution is 5.92. The van der Waals surface area contributed by atoms with Gasteiger partial charge in [0, 0.05) is 19.2 Å². The molecule has 0 radical (unpaired) electrons. The molecule has 1 aliphatic heterocycles. The fourth-order valence-electron chi connectivity index (χ4n) is 3.94. The predicted octanol–water partition coefficient (Wildman–Crippen LogP) is 3.95. The smallest absolute Gasteiger partial charge is 0.273 e. The van der Waals surface area contributed by atoms with Gasteiger partial charge >= 0.3 is 0 Å². The summed E-state index contributed by atoms with van der Waals surface area (Å²) >= 11 is 0. The van der Waals surface area contributed by atoms with Gasteiger partial charge < -0.3 is 33.7 Å². The number of amides is 2. The van der Waals surface area contributed by atoms with Crippen LogP contribution in [0.4, 0.5) is 0 Å². The van der Waals surface area contributed by atoms with Crippen molar-refractivity contribution in [1.82, 2.24) is 15.4 Å². The van der Waals surface area contributed by atoms with Crippen molar-refractivity contribution in [3.63, 3.8) is 0 Å². The maximum atomic E-state index is 13.1. The second-order valence-corrected chi connectivity index (χ2v) is 8.75. The van der Waals surface area contributed by atoms with Crippen LogP contribution in [0.5, 0.6) is 23.0 Å². The molecule has 5 rings (SSSR count). The number of hydrogen-bond donors (Lipinski definition) is 1. The molecule has 4 aromatic rings. The number of ether oxygens (including phenoxy) is 4. The van der Waals surface area contributed by atoms with E-state index in [-0.39, 0.29) is 38.1 Å². The van der Waals surface area contributed by atoms with Crippen LogP contribution in [0.25, 0.3) is 0 Å². The van der Waals surface area contributed by atoms with E-state index in [1.54, 1.807) is 30.2 Å². The summed E-state index contributed by atoms with van der Waals surface area (Å²) in [5, 5.41) is 6.72. The van der Waals surface area contributed by atoms with Gasteiger partial charge in [-0.1, -0.05) is 41.6 Å². The van der Waals surface area contributed by atoms with Gasteiger partial charge in [0.2, 0.25) is 6.79 Å². The number of aromatic nitrogens is 1. The number of para-hydroxylation sites is 1. The number of fused-ring (bicyclic) bond motifs is 1. The fourth-order valence-corrected chi connectivity index (χ4v) is 3.94. The molecule has 10 nitrogen and oxygen atoms in total. The van der Waals surface area contributed by atoms with Crippen molar-refractivity contribution in [2.24, 2.45) is 0 Å². The van der Waals surface area contributed by atoms with Gasteiger partial charge in [0.15, 0.2) is 29.6 Å². The molecule has 10 heteroatoms. The molecule has 0 bridgehead atoms. The second kappa shape index (κ2) is 12.0. The summed E-state index contributed by atoms with van der Waals surface area (Å²) in [6, 6.07) is 23.5. The normalized spacial score (nSPS) is 11.6. The van der Waals surface area contributed by atoms with Crippen LogP contribution in [0.2, 0.25) is 0 Å². The second-order valence-electron chi connectivity index (χ2n) is 8.75. The van der Waals surface area contributed by atoms with Gasteiger partial charge in [0.05, 0.1) is 13.7 Å². The number of nitrogens with zero attached hydrogens (tertiary/aromatic N) is 2. The first-order chi connectivity index (χ1) is 19.1. The maximum Gasteiger partial charge on any atom is 0.273 e. The Bertz CT molecular complexity index is 1420. The van der Waals surface area contributed by atoms with Crippen LogP contribution >= 0.6 is 0 Å². The van der Waals surface area contributed by atoms with Crippen LogP contribution < -0.4 is 24.3 Å². The Morgan fingerprint density at radius 3 is 2.46 bits per heavy atom. The van der Waals surface area contributed by atoms with Crippen molar-refractivity contribution in [1.29, 1.82) is 0 Å². The number of benzene rings is 3. The molecule has 200 valence electrons. The lowest BCUT2D eigenvalue weighted by molar-refractivity contribution is -0.135. The minimum Gasteiger partial charge on any atom is -0.497 e. The molecule has 0 saturated carbocycles. The summed E-state index contributed by atoms with van der Waals surface area (Å²) in [5.74, 6) is 2.34. The van der Waals surface area contributed by atoms with Crippen LogP contribution in [-0.4, -0.2) is 42.4 Å². The van der Waals surface area contributed by atoms with Crippen molar-refractivity contribution >= 4 is 11.8 Å². The molecule has 1 aromatic heterocycles. The Morgan fingerprint density at radius 1 is 0.897 bits per heavy atom. The number of nitrogens with one attached hydrogen (secondary N) is 1. The quantitative estimate of drug-likeness (QED) is 0.311. The minimum atomic E-state index is -0.400. The van der Waals surface area contributed by atoms with E-state index in [4.69, 9.17) is 23.5 Å². The van der Waals surface area contributed by atoms with Gasteiger partial charge in [-0.3, -0.25) is 9.59 Å². The Kier molecular flexibility index (Phi) is 7.92. The topological polar surface area (TPSA) is 112 Å². The molecule has 1 N–H and O–H groups in total. The van der Waals surface area contributed by atoms with Gasteiger partial charge in [-0.2, -0.15) is 0 Å². The molecule has 0 spiro atoms. The highest BCUT2D eigenvalue weighted by Gasteiger charge is 2.20. The molecule has 0 atom stereocenters. The van der Waals surface area contributed by atoms with Crippen molar-refractivity contribution in [2.75, 3.05) is 20.5 Å². The van der Waals surface area contributed by atoms with Gasteiger partial charge in [0.25, 0.3) is 11.8 Å². The molecule has 3 aromatic carbocycles. The van der Waals surface area contributed by atoms with Crippen molar-refractivity contribution in [3.05, 3.63) is 101 Å². The number of rotatable bonds is 11. The van der Waals surface area contributed by atoms with Gasteiger partial charge in [-0.05, 0) is 47.5 Å². The molecule has 39 heavy (non-hydrogen) atoms. The van der Waals surface area contributed by atoms with E-state index in [0.29, 0.717) is 29.6 Å². The first kappa shape index (κ1) is 25.7. The monoisotopic (exact) mass is 529 g/mol. The van der Waals surface area contributed by atoms with Crippen LogP contribution in [0.3, 0.4) is 0 Å². The zero-order valence-electron chi connectivity index (χ0n) is 21.3. The van der Waals surface area contributed by atoms with E-state index in [1.165, 1.54) is 6.07 Å². The van der Waals surface area contributed by atoms with Crippen molar-refractivity contribution in [2.45, 2.75) is 19.6 Å². The average Bonchev–Trinajstić information content (AvgIpc) is 3.65. The lowest BCUT2D eigenvalue weighted by Gasteiger charge is -2.22. The summed E-state index contributed by atoms with van der Waals surface area (Å²) in [5.41, 5.74) is 1.86. The Morgan fingerprint density at radius 2 is 1.67 bits per heavy atom. The average molecular weight is 530 g/mol. The van der Waals surface area contributed by atoms with Gasteiger partial charge in [-0.15, -0.1) is 0 Å². The molecular formula is C29H27N3O7. The fraction of sp³-hybridized carbons (Fsp3) is 0.207.